The summed E-state index contributed by atoms with van der Waals surface area (Å²) in [6, 6.07) is 0.289. The van der Waals surface area contributed by atoms with E-state index >= 15 is 0 Å². The summed E-state index contributed by atoms with van der Waals surface area (Å²) in [5, 5.41) is 9.74. The second-order valence-corrected chi connectivity index (χ2v) is 8.28. The van der Waals surface area contributed by atoms with Crippen LogP contribution in [0.2, 0.25) is 0 Å². The molecule has 124 valence electrons. The quantitative estimate of drug-likeness (QED) is 0.857. The van der Waals surface area contributed by atoms with Gasteiger partial charge in [-0.3, -0.25) is 4.79 Å². The van der Waals surface area contributed by atoms with Gasteiger partial charge in [-0.15, -0.1) is 10.2 Å². The van der Waals surface area contributed by atoms with E-state index in [0.29, 0.717) is 10.9 Å². The first-order valence-corrected chi connectivity index (χ1v) is 8.89. The molecule has 2 rings (SSSR count). The van der Waals surface area contributed by atoms with E-state index in [2.05, 4.69) is 49.7 Å². The van der Waals surface area contributed by atoms with E-state index in [9.17, 15) is 4.79 Å². The Hall–Kier alpha value is -1.01. The van der Waals surface area contributed by atoms with Crippen molar-refractivity contribution in [2.75, 3.05) is 26.7 Å². The van der Waals surface area contributed by atoms with Gasteiger partial charge in [0.1, 0.15) is 5.01 Å². The lowest BCUT2D eigenvalue weighted by Gasteiger charge is -2.40. The molecule has 1 fully saturated rings. The first kappa shape index (κ1) is 17.3. The maximum absolute atomic E-state index is 12.7. The number of amides is 1. The molecule has 2 heterocycles. The third-order valence-electron chi connectivity index (χ3n) is 4.46. The fraction of sp³-hybridized carbons (Fsp3) is 0.812. The van der Waals surface area contributed by atoms with Gasteiger partial charge in [-0.05, 0) is 18.9 Å². The third-order valence-corrected chi connectivity index (χ3v) is 5.80. The number of nitrogens with zero attached hydrogens (tertiary/aromatic N) is 4. The summed E-state index contributed by atoms with van der Waals surface area (Å²) in [7, 11) is 1.91. The van der Waals surface area contributed by atoms with Crippen molar-refractivity contribution in [1.82, 2.24) is 20.0 Å². The molecular weight excluding hydrogens is 296 g/mol. The SMILES string of the molecule is CCN1CC[C@@H](N(C)C(=O)c2nnc(C(C)(C)C)s2)[C@H](C)C1. The van der Waals surface area contributed by atoms with Crippen LogP contribution in [0.1, 0.15) is 55.8 Å². The first-order chi connectivity index (χ1) is 10.2. The molecule has 1 aliphatic heterocycles. The molecule has 1 saturated heterocycles. The second-order valence-electron chi connectivity index (χ2n) is 7.30. The molecule has 0 aromatic carbocycles. The Balaban J connectivity index is 2.07. The molecular formula is C16H28N4OS. The monoisotopic (exact) mass is 324 g/mol. The summed E-state index contributed by atoms with van der Waals surface area (Å²) in [5.74, 6) is 0.493. The molecule has 0 saturated carbocycles. The topological polar surface area (TPSA) is 49.3 Å². The summed E-state index contributed by atoms with van der Waals surface area (Å²) < 4.78 is 0. The van der Waals surface area contributed by atoms with Gasteiger partial charge in [-0.2, -0.15) is 0 Å². The van der Waals surface area contributed by atoms with Crippen LogP contribution in [0, 0.1) is 5.92 Å². The van der Waals surface area contributed by atoms with Gasteiger partial charge in [0.25, 0.3) is 5.91 Å². The zero-order chi connectivity index (χ0) is 16.5. The lowest BCUT2D eigenvalue weighted by Crippen LogP contribution is -2.50. The zero-order valence-electron chi connectivity index (χ0n) is 14.6. The summed E-state index contributed by atoms with van der Waals surface area (Å²) in [4.78, 5) is 17.0. The first-order valence-electron chi connectivity index (χ1n) is 8.07. The van der Waals surface area contributed by atoms with E-state index in [1.54, 1.807) is 0 Å². The van der Waals surface area contributed by atoms with E-state index in [1.165, 1.54) is 11.3 Å². The van der Waals surface area contributed by atoms with E-state index < -0.39 is 0 Å². The van der Waals surface area contributed by atoms with Gasteiger partial charge in [0.15, 0.2) is 0 Å². The Labute approximate surface area is 137 Å². The fourth-order valence-electron chi connectivity index (χ4n) is 3.00. The highest BCUT2D eigenvalue weighted by Crippen LogP contribution is 2.27. The molecule has 0 spiro atoms. The van der Waals surface area contributed by atoms with Crippen LogP contribution in [-0.2, 0) is 5.41 Å². The molecule has 1 amide bonds. The lowest BCUT2D eigenvalue weighted by molar-refractivity contribution is 0.0519. The second kappa shape index (κ2) is 6.62. The van der Waals surface area contributed by atoms with Crippen LogP contribution in [0.4, 0.5) is 0 Å². The van der Waals surface area contributed by atoms with Crippen molar-refractivity contribution >= 4 is 17.2 Å². The van der Waals surface area contributed by atoms with E-state index in [0.717, 1.165) is 31.1 Å². The Morgan fingerprint density at radius 2 is 2.09 bits per heavy atom. The predicted octanol–water partition coefficient (Wildman–Crippen LogP) is 2.64. The molecule has 1 aromatic rings. The highest BCUT2D eigenvalue weighted by atomic mass is 32.1. The average molecular weight is 324 g/mol. The van der Waals surface area contributed by atoms with Crippen LogP contribution in [0.3, 0.4) is 0 Å². The van der Waals surface area contributed by atoms with Gasteiger partial charge in [0.2, 0.25) is 5.01 Å². The summed E-state index contributed by atoms with van der Waals surface area (Å²) in [5.41, 5.74) is -0.0610. The summed E-state index contributed by atoms with van der Waals surface area (Å²) in [6.45, 7) is 13.9. The number of hydrogen-bond donors (Lipinski definition) is 0. The summed E-state index contributed by atoms with van der Waals surface area (Å²) in [6.07, 6.45) is 1.03. The molecule has 0 bridgehead atoms. The van der Waals surface area contributed by atoms with E-state index in [1.807, 2.05) is 11.9 Å². The van der Waals surface area contributed by atoms with Crippen molar-refractivity contribution in [2.45, 2.75) is 52.5 Å². The van der Waals surface area contributed by atoms with Crippen LogP contribution in [0.15, 0.2) is 0 Å². The van der Waals surface area contributed by atoms with Crippen LogP contribution in [0.25, 0.3) is 0 Å². The van der Waals surface area contributed by atoms with Gasteiger partial charge < -0.3 is 9.80 Å². The number of carbonyl (C=O) groups excluding carboxylic acids is 1. The average Bonchev–Trinajstić information content (AvgIpc) is 2.95. The molecule has 1 aromatic heterocycles. The van der Waals surface area contributed by atoms with E-state index in [-0.39, 0.29) is 17.4 Å². The van der Waals surface area contributed by atoms with Crippen LogP contribution in [-0.4, -0.2) is 58.6 Å². The normalized spacial score (nSPS) is 23.5. The van der Waals surface area contributed by atoms with Crippen molar-refractivity contribution in [2.24, 2.45) is 5.92 Å². The number of hydrogen-bond acceptors (Lipinski definition) is 5. The molecule has 0 N–H and O–H groups in total. The molecule has 2 atom stereocenters. The van der Waals surface area contributed by atoms with Crippen molar-refractivity contribution in [3.05, 3.63) is 10.0 Å². The van der Waals surface area contributed by atoms with Crippen molar-refractivity contribution < 1.29 is 4.79 Å². The van der Waals surface area contributed by atoms with Crippen LogP contribution >= 0.6 is 11.3 Å². The molecule has 0 radical (unpaired) electrons. The Bertz CT molecular complexity index is 522. The van der Waals surface area contributed by atoms with Crippen LogP contribution < -0.4 is 0 Å². The number of piperidine rings is 1. The molecule has 0 aliphatic carbocycles. The standard InChI is InChI=1S/C16H28N4OS/c1-7-20-9-8-12(11(2)10-20)19(6)14(21)13-17-18-15(22-13)16(3,4)5/h11-12H,7-10H2,1-6H3/t11-,12-/m1/s1. The lowest BCUT2D eigenvalue weighted by atomic mass is 9.92. The summed E-state index contributed by atoms with van der Waals surface area (Å²) >= 11 is 1.42. The largest absolute Gasteiger partial charge is 0.336 e. The molecule has 5 nitrogen and oxygen atoms in total. The smallest absolute Gasteiger partial charge is 0.284 e. The van der Waals surface area contributed by atoms with Gasteiger partial charge >= 0.3 is 0 Å². The Morgan fingerprint density at radius 1 is 1.41 bits per heavy atom. The number of aromatic nitrogens is 2. The Kier molecular flexibility index (Phi) is 5.22. The van der Waals surface area contributed by atoms with Crippen molar-refractivity contribution in [3.63, 3.8) is 0 Å². The molecule has 6 heteroatoms. The number of carbonyl (C=O) groups is 1. The van der Waals surface area contributed by atoms with Gasteiger partial charge in [0.05, 0.1) is 0 Å². The van der Waals surface area contributed by atoms with Gasteiger partial charge in [0, 0.05) is 31.6 Å². The fourth-order valence-corrected chi connectivity index (χ4v) is 3.88. The molecule has 0 unspecified atom stereocenters. The number of likely N-dealkylation sites (tertiary alicyclic amines) is 1. The van der Waals surface area contributed by atoms with Gasteiger partial charge in [-0.25, -0.2) is 0 Å². The minimum atomic E-state index is -0.0610. The van der Waals surface area contributed by atoms with Crippen molar-refractivity contribution in [3.8, 4) is 0 Å². The molecule has 1 aliphatic rings. The maximum Gasteiger partial charge on any atom is 0.284 e. The predicted molar refractivity (Wildman–Crippen MR) is 90.4 cm³/mol. The minimum Gasteiger partial charge on any atom is -0.336 e. The third kappa shape index (κ3) is 3.66. The minimum absolute atomic E-state index is 0.00907. The highest BCUT2D eigenvalue weighted by Gasteiger charge is 2.32. The number of rotatable bonds is 3. The van der Waals surface area contributed by atoms with Crippen molar-refractivity contribution in [1.29, 1.82) is 0 Å². The molecule has 22 heavy (non-hydrogen) atoms. The zero-order valence-corrected chi connectivity index (χ0v) is 15.4. The maximum atomic E-state index is 12.7. The van der Waals surface area contributed by atoms with Crippen LogP contribution in [0.5, 0.6) is 0 Å². The van der Waals surface area contributed by atoms with E-state index in [4.69, 9.17) is 0 Å². The van der Waals surface area contributed by atoms with Gasteiger partial charge in [-0.1, -0.05) is 46.0 Å². The Morgan fingerprint density at radius 3 is 2.59 bits per heavy atom. The highest BCUT2D eigenvalue weighted by molar-refractivity contribution is 7.13.